The van der Waals surface area contributed by atoms with Crippen LogP contribution >= 0.6 is 0 Å². The first kappa shape index (κ1) is 13.5. The van der Waals surface area contributed by atoms with Crippen LogP contribution in [0.3, 0.4) is 0 Å². The van der Waals surface area contributed by atoms with Crippen LogP contribution in [0, 0.1) is 12.7 Å². The highest BCUT2D eigenvalue weighted by molar-refractivity contribution is 5.46. The topological polar surface area (TPSA) is 42.7 Å². The molecule has 5 heteroatoms. The van der Waals surface area contributed by atoms with E-state index in [2.05, 4.69) is 36.4 Å². The van der Waals surface area contributed by atoms with Gasteiger partial charge in [-0.25, -0.2) is 9.07 Å². The molecule has 0 aliphatic rings. The van der Waals surface area contributed by atoms with Crippen LogP contribution in [0.25, 0.3) is 0 Å². The van der Waals surface area contributed by atoms with Gasteiger partial charge in [0.2, 0.25) is 0 Å². The second-order valence-corrected chi connectivity index (χ2v) is 5.66. The molecule has 0 fully saturated rings. The number of benzene rings is 1. The third-order valence-electron chi connectivity index (χ3n) is 2.81. The minimum atomic E-state index is -0.247. The second-order valence-electron chi connectivity index (χ2n) is 5.66. The van der Waals surface area contributed by atoms with Crippen molar-refractivity contribution in [2.45, 2.75) is 39.8 Å². The molecule has 4 nitrogen and oxygen atoms in total. The Hall–Kier alpha value is -1.91. The van der Waals surface area contributed by atoms with Gasteiger partial charge in [0.15, 0.2) is 0 Å². The molecule has 0 radical (unpaired) electrons. The SMILES string of the molecule is Cc1ccc(NCc2cn(C(C)(C)C)nn2)c(F)c1. The summed E-state index contributed by atoms with van der Waals surface area (Å²) < 4.78 is 15.4. The van der Waals surface area contributed by atoms with Gasteiger partial charge >= 0.3 is 0 Å². The van der Waals surface area contributed by atoms with Gasteiger partial charge in [0, 0.05) is 0 Å². The fourth-order valence-electron chi connectivity index (χ4n) is 1.66. The third kappa shape index (κ3) is 3.30. The zero-order valence-electron chi connectivity index (χ0n) is 11.7. The molecule has 19 heavy (non-hydrogen) atoms. The Morgan fingerprint density at radius 2 is 2.05 bits per heavy atom. The van der Waals surface area contributed by atoms with Gasteiger partial charge in [-0.1, -0.05) is 11.3 Å². The molecule has 1 heterocycles. The van der Waals surface area contributed by atoms with Crippen LogP contribution < -0.4 is 5.32 Å². The molecule has 2 rings (SSSR count). The predicted octanol–water partition coefficient (Wildman–Crippen LogP) is 3.09. The van der Waals surface area contributed by atoms with E-state index in [4.69, 9.17) is 0 Å². The Morgan fingerprint density at radius 3 is 2.63 bits per heavy atom. The number of hydrogen-bond donors (Lipinski definition) is 1. The summed E-state index contributed by atoms with van der Waals surface area (Å²) in [7, 11) is 0. The van der Waals surface area contributed by atoms with Crippen LogP contribution in [0.2, 0.25) is 0 Å². The Morgan fingerprint density at radius 1 is 1.32 bits per heavy atom. The number of nitrogens with one attached hydrogen (secondary N) is 1. The summed E-state index contributed by atoms with van der Waals surface area (Å²) in [5, 5.41) is 11.2. The van der Waals surface area contributed by atoms with Gasteiger partial charge in [0.1, 0.15) is 11.5 Å². The smallest absolute Gasteiger partial charge is 0.146 e. The molecule has 0 amide bonds. The largest absolute Gasteiger partial charge is 0.377 e. The molecule has 0 saturated heterocycles. The van der Waals surface area contributed by atoms with Crippen LogP contribution in [0.15, 0.2) is 24.4 Å². The molecule has 102 valence electrons. The van der Waals surface area contributed by atoms with Crippen molar-refractivity contribution >= 4 is 5.69 Å². The van der Waals surface area contributed by atoms with Crippen molar-refractivity contribution < 1.29 is 4.39 Å². The fourth-order valence-corrected chi connectivity index (χ4v) is 1.66. The van der Waals surface area contributed by atoms with E-state index in [0.29, 0.717) is 12.2 Å². The molecule has 2 aromatic rings. The number of rotatable bonds is 3. The van der Waals surface area contributed by atoms with E-state index < -0.39 is 0 Å². The van der Waals surface area contributed by atoms with Gasteiger partial charge in [-0.2, -0.15) is 0 Å². The monoisotopic (exact) mass is 262 g/mol. The van der Waals surface area contributed by atoms with Crippen molar-refractivity contribution in [3.63, 3.8) is 0 Å². The standard InChI is InChI=1S/C14H19FN4/c1-10-5-6-13(12(15)7-10)16-8-11-9-19(18-17-11)14(2,3)4/h5-7,9,16H,8H2,1-4H3. The molecular weight excluding hydrogens is 243 g/mol. The normalized spacial score (nSPS) is 11.6. The van der Waals surface area contributed by atoms with Gasteiger partial charge in [-0.3, -0.25) is 0 Å². The summed E-state index contributed by atoms with van der Waals surface area (Å²) >= 11 is 0. The van der Waals surface area contributed by atoms with E-state index in [0.717, 1.165) is 11.3 Å². The maximum absolute atomic E-state index is 13.6. The summed E-state index contributed by atoms with van der Waals surface area (Å²) in [6, 6.07) is 5.12. The first-order valence-electron chi connectivity index (χ1n) is 6.28. The lowest BCUT2D eigenvalue weighted by molar-refractivity contribution is 0.347. The minimum absolute atomic E-state index is 0.0969. The van der Waals surface area contributed by atoms with Crippen molar-refractivity contribution in [2.75, 3.05) is 5.32 Å². The van der Waals surface area contributed by atoms with Crippen molar-refractivity contribution in [1.82, 2.24) is 15.0 Å². The Balaban J connectivity index is 2.04. The van der Waals surface area contributed by atoms with Crippen LogP contribution in [0.4, 0.5) is 10.1 Å². The summed E-state index contributed by atoms with van der Waals surface area (Å²) in [5.41, 5.74) is 2.08. The lowest BCUT2D eigenvalue weighted by Gasteiger charge is -2.17. The molecule has 0 atom stereocenters. The van der Waals surface area contributed by atoms with Crippen LogP contribution in [0.5, 0.6) is 0 Å². The highest BCUT2D eigenvalue weighted by Crippen LogP contribution is 2.16. The number of halogens is 1. The highest BCUT2D eigenvalue weighted by Gasteiger charge is 2.15. The van der Waals surface area contributed by atoms with Crippen molar-refractivity contribution in [2.24, 2.45) is 0 Å². The number of aromatic nitrogens is 3. The summed E-state index contributed by atoms with van der Waals surface area (Å²) in [6.45, 7) is 8.48. The minimum Gasteiger partial charge on any atom is -0.377 e. The molecular formula is C14H19FN4. The van der Waals surface area contributed by atoms with Gasteiger partial charge in [0.05, 0.1) is 24.0 Å². The van der Waals surface area contributed by atoms with Crippen LogP contribution in [-0.2, 0) is 12.1 Å². The van der Waals surface area contributed by atoms with E-state index >= 15 is 0 Å². The first-order chi connectivity index (χ1) is 8.86. The number of anilines is 1. The van der Waals surface area contributed by atoms with Crippen molar-refractivity contribution in [3.05, 3.63) is 41.5 Å². The average molecular weight is 262 g/mol. The lowest BCUT2D eigenvalue weighted by Crippen LogP contribution is -2.22. The van der Waals surface area contributed by atoms with E-state index in [9.17, 15) is 4.39 Å². The van der Waals surface area contributed by atoms with Gasteiger partial charge < -0.3 is 5.32 Å². The average Bonchev–Trinajstić information content (AvgIpc) is 2.76. The van der Waals surface area contributed by atoms with Crippen LogP contribution in [-0.4, -0.2) is 15.0 Å². The lowest BCUT2D eigenvalue weighted by atomic mass is 10.1. The number of nitrogens with zero attached hydrogens (tertiary/aromatic N) is 3. The van der Waals surface area contributed by atoms with Crippen LogP contribution in [0.1, 0.15) is 32.0 Å². The molecule has 0 saturated carbocycles. The van der Waals surface area contributed by atoms with Gasteiger partial charge in [0.25, 0.3) is 0 Å². The predicted molar refractivity (Wildman–Crippen MR) is 73.5 cm³/mol. The summed E-state index contributed by atoms with van der Waals surface area (Å²) in [4.78, 5) is 0. The van der Waals surface area contributed by atoms with E-state index in [1.54, 1.807) is 10.7 Å². The van der Waals surface area contributed by atoms with E-state index in [-0.39, 0.29) is 11.4 Å². The molecule has 0 aliphatic carbocycles. The fraction of sp³-hybridized carbons (Fsp3) is 0.429. The molecule has 0 bridgehead atoms. The van der Waals surface area contributed by atoms with E-state index in [1.165, 1.54) is 6.07 Å². The molecule has 0 unspecified atom stereocenters. The van der Waals surface area contributed by atoms with Crippen molar-refractivity contribution in [3.8, 4) is 0 Å². The quantitative estimate of drug-likeness (QED) is 0.924. The Labute approximate surface area is 112 Å². The zero-order valence-corrected chi connectivity index (χ0v) is 11.7. The van der Waals surface area contributed by atoms with Crippen molar-refractivity contribution in [1.29, 1.82) is 0 Å². The molecule has 1 N–H and O–H groups in total. The summed E-state index contributed by atoms with van der Waals surface area (Å²) in [6.07, 6.45) is 1.87. The summed E-state index contributed by atoms with van der Waals surface area (Å²) in [5.74, 6) is -0.247. The molecule has 0 aliphatic heterocycles. The van der Waals surface area contributed by atoms with E-state index in [1.807, 2.05) is 19.2 Å². The molecule has 1 aromatic heterocycles. The first-order valence-corrected chi connectivity index (χ1v) is 6.28. The maximum Gasteiger partial charge on any atom is 0.146 e. The molecule has 0 spiro atoms. The van der Waals surface area contributed by atoms with Gasteiger partial charge in [-0.15, -0.1) is 5.10 Å². The highest BCUT2D eigenvalue weighted by atomic mass is 19.1. The number of hydrogen-bond acceptors (Lipinski definition) is 3. The molecule has 1 aromatic carbocycles. The second kappa shape index (κ2) is 4.99. The number of aryl methyl sites for hydroxylation is 1. The zero-order chi connectivity index (χ0) is 14.0. The van der Waals surface area contributed by atoms with Gasteiger partial charge in [-0.05, 0) is 45.4 Å². The Bertz CT molecular complexity index is 569. The maximum atomic E-state index is 13.6. The third-order valence-corrected chi connectivity index (χ3v) is 2.81. The Kier molecular flexibility index (Phi) is 3.55.